The van der Waals surface area contributed by atoms with Crippen molar-refractivity contribution < 1.29 is 0 Å². The maximum atomic E-state index is 6.26. The molecular formula is C36H37ClIN5. The molecule has 1 saturated heterocycles. The molecule has 7 heteroatoms. The molecule has 5 aromatic rings. The number of alkyl halides is 1. The van der Waals surface area contributed by atoms with Crippen molar-refractivity contribution in [2.24, 2.45) is 0 Å². The first-order chi connectivity index (χ1) is 21.0. The van der Waals surface area contributed by atoms with Gasteiger partial charge in [0.05, 0.1) is 24.1 Å². The Hall–Kier alpha value is -3.04. The van der Waals surface area contributed by atoms with Crippen LogP contribution < -0.4 is 4.90 Å². The molecule has 0 spiro atoms. The molecule has 1 aliphatic rings. The number of para-hydroxylation sites is 1. The number of hydrogen-bond donors (Lipinski definition) is 0. The fourth-order valence-corrected chi connectivity index (χ4v) is 6.65. The minimum Gasteiger partial charge on any atom is -0.352 e. The highest BCUT2D eigenvalue weighted by Crippen LogP contribution is 2.32. The van der Waals surface area contributed by atoms with Crippen molar-refractivity contribution in [3.8, 4) is 0 Å². The Morgan fingerprint density at radius 3 is 2.07 bits per heavy atom. The summed E-state index contributed by atoms with van der Waals surface area (Å²) in [5, 5.41) is 1.85. The van der Waals surface area contributed by atoms with Crippen molar-refractivity contribution in [3.63, 3.8) is 0 Å². The summed E-state index contributed by atoms with van der Waals surface area (Å²) in [5.74, 6) is 1.85. The second kappa shape index (κ2) is 13.7. The Bertz CT molecular complexity index is 1640. The third kappa shape index (κ3) is 6.88. The van der Waals surface area contributed by atoms with Crippen LogP contribution in [-0.2, 0) is 11.0 Å². The second-order valence-electron chi connectivity index (χ2n) is 11.3. The van der Waals surface area contributed by atoms with Crippen LogP contribution in [0.4, 0.5) is 5.82 Å². The largest absolute Gasteiger partial charge is 0.352 e. The van der Waals surface area contributed by atoms with Gasteiger partial charge in [-0.3, -0.25) is 9.80 Å². The summed E-state index contributed by atoms with van der Waals surface area (Å²) >= 11 is 8.69. The van der Waals surface area contributed by atoms with E-state index in [0.717, 1.165) is 64.7 Å². The van der Waals surface area contributed by atoms with E-state index < -0.39 is 0 Å². The summed E-state index contributed by atoms with van der Waals surface area (Å²) in [6, 6.07) is 36.8. The van der Waals surface area contributed by atoms with Crippen LogP contribution >= 0.6 is 34.2 Å². The van der Waals surface area contributed by atoms with Crippen LogP contribution in [0.3, 0.4) is 0 Å². The molecule has 2 unspecified atom stereocenters. The number of nitrogens with zero attached hydrogens (tertiary/aromatic N) is 5. The van der Waals surface area contributed by atoms with Crippen LogP contribution in [-0.4, -0.2) is 53.0 Å². The summed E-state index contributed by atoms with van der Waals surface area (Å²) in [6.45, 7) is 6.81. The molecule has 0 saturated carbocycles. The molecule has 4 aromatic carbocycles. The quantitative estimate of drug-likeness (QED) is 0.114. The van der Waals surface area contributed by atoms with E-state index in [-0.39, 0.29) is 12.1 Å². The molecule has 5 nitrogen and oxygen atoms in total. The first-order valence-electron chi connectivity index (χ1n) is 14.9. The third-order valence-electron chi connectivity index (χ3n) is 8.60. The van der Waals surface area contributed by atoms with Crippen LogP contribution in [0.2, 0.25) is 5.02 Å². The Labute approximate surface area is 273 Å². The molecular weight excluding hydrogens is 665 g/mol. The van der Waals surface area contributed by atoms with Gasteiger partial charge >= 0.3 is 0 Å². The lowest BCUT2D eigenvalue weighted by atomic mass is 9.95. The van der Waals surface area contributed by atoms with E-state index in [4.69, 9.17) is 21.6 Å². The smallest absolute Gasteiger partial charge is 0.145 e. The molecule has 0 bridgehead atoms. The lowest BCUT2D eigenvalue weighted by molar-refractivity contribution is 0.103. The molecule has 220 valence electrons. The topological polar surface area (TPSA) is 35.5 Å². The number of rotatable bonds is 9. The van der Waals surface area contributed by atoms with Crippen molar-refractivity contribution in [1.82, 2.24) is 19.8 Å². The molecule has 0 amide bonds. The van der Waals surface area contributed by atoms with Gasteiger partial charge < -0.3 is 4.90 Å². The first-order valence-corrected chi connectivity index (χ1v) is 16.8. The zero-order valence-corrected chi connectivity index (χ0v) is 27.6. The zero-order valence-electron chi connectivity index (χ0n) is 24.7. The highest BCUT2D eigenvalue weighted by molar-refractivity contribution is 14.1. The van der Waals surface area contributed by atoms with Crippen LogP contribution in [0.15, 0.2) is 103 Å². The van der Waals surface area contributed by atoms with Crippen molar-refractivity contribution in [2.45, 2.75) is 30.0 Å². The molecule has 2 heterocycles. The van der Waals surface area contributed by atoms with Gasteiger partial charge in [-0.15, -0.1) is 0 Å². The predicted octanol–water partition coefficient (Wildman–Crippen LogP) is 8.32. The van der Waals surface area contributed by atoms with Gasteiger partial charge in [-0.1, -0.05) is 113 Å². The monoisotopic (exact) mass is 701 g/mol. The lowest BCUT2D eigenvalue weighted by Gasteiger charge is -2.39. The van der Waals surface area contributed by atoms with Gasteiger partial charge in [0.15, 0.2) is 0 Å². The predicted molar refractivity (Wildman–Crippen MR) is 187 cm³/mol. The molecule has 0 N–H and O–H groups in total. The average molecular weight is 702 g/mol. The molecule has 1 aromatic heterocycles. The Morgan fingerprint density at radius 2 is 1.40 bits per heavy atom. The molecule has 43 heavy (non-hydrogen) atoms. The fraction of sp³-hybridized carbons (Fsp3) is 0.278. The Morgan fingerprint density at radius 1 is 0.767 bits per heavy atom. The average Bonchev–Trinajstić information content (AvgIpc) is 3.06. The van der Waals surface area contributed by atoms with E-state index in [9.17, 15) is 0 Å². The van der Waals surface area contributed by atoms with Crippen molar-refractivity contribution in [2.75, 3.05) is 38.1 Å². The SMILES string of the molecule is CC(c1ccccc1)N(C)c1nc(CN2CCN(C(c3ccc(Cl)cc3)c3ccc(CI)cc3)CC2)nc2ccccc12. The maximum absolute atomic E-state index is 6.26. The third-order valence-corrected chi connectivity index (χ3v) is 9.73. The van der Waals surface area contributed by atoms with Crippen molar-refractivity contribution in [1.29, 1.82) is 0 Å². The van der Waals surface area contributed by atoms with Gasteiger partial charge in [-0.05, 0) is 53.4 Å². The number of anilines is 1. The minimum absolute atomic E-state index is 0.187. The first kappa shape index (κ1) is 30.0. The van der Waals surface area contributed by atoms with E-state index in [1.807, 2.05) is 12.1 Å². The highest BCUT2D eigenvalue weighted by atomic mass is 127. The normalized spacial score (nSPS) is 15.8. The number of piperazine rings is 1. The zero-order chi connectivity index (χ0) is 29.8. The van der Waals surface area contributed by atoms with Crippen LogP contribution in [0, 0.1) is 0 Å². The molecule has 2 atom stereocenters. The molecule has 0 radical (unpaired) electrons. The molecule has 1 aliphatic heterocycles. The summed E-state index contributed by atoms with van der Waals surface area (Å²) in [5.41, 5.74) is 6.21. The van der Waals surface area contributed by atoms with Gasteiger partial charge in [-0.25, -0.2) is 9.97 Å². The number of fused-ring (bicyclic) bond motifs is 1. The lowest BCUT2D eigenvalue weighted by Crippen LogP contribution is -2.47. The molecule has 1 fully saturated rings. The molecule has 0 aliphatic carbocycles. The summed E-state index contributed by atoms with van der Waals surface area (Å²) in [6.07, 6.45) is 0. The summed E-state index contributed by atoms with van der Waals surface area (Å²) < 4.78 is 1.02. The van der Waals surface area contributed by atoms with E-state index >= 15 is 0 Å². The van der Waals surface area contributed by atoms with Crippen molar-refractivity contribution >= 4 is 50.9 Å². The number of halogens is 2. The standard InChI is InChI=1S/C36H37ClIN5/c1-26(28-8-4-3-5-9-28)41(2)36-32-10-6-7-11-33(32)39-34(40-36)25-42-20-22-43(23-21-42)35(30-16-18-31(37)19-17-30)29-14-12-27(24-38)13-15-29/h3-19,26,35H,20-25H2,1-2H3. The highest BCUT2D eigenvalue weighted by Gasteiger charge is 2.27. The second-order valence-corrected chi connectivity index (χ2v) is 12.5. The van der Waals surface area contributed by atoms with E-state index in [2.05, 4.69) is 142 Å². The fourth-order valence-electron chi connectivity index (χ4n) is 6.01. The molecule has 6 rings (SSSR count). The van der Waals surface area contributed by atoms with Crippen LogP contribution in [0.5, 0.6) is 0 Å². The summed E-state index contributed by atoms with van der Waals surface area (Å²) in [4.78, 5) is 17.5. The number of hydrogen-bond acceptors (Lipinski definition) is 5. The van der Waals surface area contributed by atoms with Crippen LogP contribution in [0.1, 0.15) is 47.1 Å². The van der Waals surface area contributed by atoms with Gasteiger partial charge in [0.25, 0.3) is 0 Å². The van der Waals surface area contributed by atoms with Gasteiger partial charge in [0.2, 0.25) is 0 Å². The van der Waals surface area contributed by atoms with Gasteiger partial charge in [0.1, 0.15) is 11.6 Å². The van der Waals surface area contributed by atoms with Crippen molar-refractivity contribution in [3.05, 3.63) is 136 Å². The van der Waals surface area contributed by atoms with Crippen LogP contribution in [0.25, 0.3) is 10.9 Å². The number of benzene rings is 4. The van der Waals surface area contributed by atoms with E-state index in [1.165, 1.54) is 22.3 Å². The van der Waals surface area contributed by atoms with E-state index in [0.29, 0.717) is 0 Å². The number of aromatic nitrogens is 2. The van der Waals surface area contributed by atoms with Gasteiger partial charge in [-0.2, -0.15) is 0 Å². The van der Waals surface area contributed by atoms with E-state index in [1.54, 1.807) is 0 Å². The maximum Gasteiger partial charge on any atom is 0.145 e. The summed E-state index contributed by atoms with van der Waals surface area (Å²) in [7, 11) is 2.14. The van der Waals surface area contributed by atoms with Gasteiger partial charge in [0, 0.05) is 48.1 Å². The minimum atomic E-state index is 0.187. The Kier molecular flexibility index (Phi) is 9.58. The Balaban J connectivity index is 1.21.